The summed E-state index contributed by atoms with van der Waals surface area (Å²) in [6, 6.07) is 8.02. The zero-order valence-corrected chi connectivity index (χ0v) is 12.5. The molecular formula is C16H23N3O2. The van der Waals surface area contributed by atoms with Gasteiger partial charge in [-0.15, -0.1) is 0 Å². The summed E-state index contributed by atoms with van der Waals surface area (Å²) in [6.45, 7) is 3.61. The quantitative estimate of drug-likeness (QED) is 0.860. The number of anilines is 1. The predicted molar refractivity (Wildman–Crippen MR) is 82.8 cm³/mol. The third-order valence-corrected chi connectivity index (χ3v) is 4.08. The molecule has 1 aliphatic rings. The number of benzene rings is 1. The van der Waals surface area contributed by atoms with Crippen LogP contribution in [0.15, 0.2) is 24.3 Å². The van der Waals surface area contributed by atoms with Crippen molar-refractivity contribution >= 4 is 17.5 Å². The van der Waals surface area contributed by atoms with Crippen LogP contribution in [-0.4, -0.2) is 36.3 Å². The second kappa shape index (κ2) is 7.11. The lowest BCUT2D eigenvalue weighted by molar-refractivity contribution is -0.133. The van der Waals surface area contributed by atoms with Crippen LogP contribution in [0.1, 0.15) is 25.3 Å². The van der Waals surface area contributed by atoms with Crippen LogP contribution in [0.4, 0.5) is 5.69 Å². The number of nitrogens with two attached hydrogens (primary N) is 1. The van der Waals surface area contributed by atoms with Gasteiger partial charge in [0.2, 0.25) is 11.8 Å². The zero-order valence-electron chi connectivity index (χ0n) is 12.5. The minimum absolute atomic E-state index is 0.0730. The number of rotatable bonds is 5. The third-order valence-electron chi connectivity index (χ3n) is 4.08. The maximum atomic E-state index is 12.2. The molecule has 2 rings (SSSR count). The van der Waals surface area contributed by atoms with E-state index >= 15 is 0 Å². The molecule has 0 atom stereocenters. The number of primary amides is 1. The largest absolute Gasteiger partial charge is 0.376 e. The second-order valence-corrected chi connectivity index (χ2v) is 5.42. The van der Waals surface area contributed by atoms with Crippen LogP contribution in [0.2, 0.25) is 0 Å². The smallest absolute Gasteiger partial charge is 0.241 e. The van der Waals surface area contributed by atoms with E-state index in [9.17, 15) is 9.59 Å². The molecule has 0 radical (unpaired) electrons. The molecule has 114 valence electrons. The van der Waals surface area contributed by atoms with E-state index in [-0.39, 0.29) is 24.3 Å². The number of aryl methyl sites for hydroxylation is 1. The highest BCUT2D eigenvalue weighted by Crippen LogP contribution is 2.18. The van der Waals surface area contributed by atoms with Crippen LogP contribution in [-0.2, 0) is 16.0 Å². The maximum Gasteiger partial charge on any atom is 0.241 e. The lowest BCUT2D eigenvalue weighted by Gasteiger charge is -2.30. The van der Waals surface area contributed by atoms with Gasteiger partial charge in [-0.1, -0.05) is 25.1 Å². The molecule has 0 unspecified atom stereocenters. The Bertz CT molecular complexity index is 508. The summed E-state index contributed by atoms with van der Waals surface area (Å²) in [5.41, 5.74) is 7.52. The number of hydrogen-bond donors (Lipinski definition) is 2. The van der Waals surface area contributed by atoms with Crippen LogP contribution in [0.5, 0.6) is 0 Å². The standard InChI is InChI=1S/C16H23N3O2/c1-2-12-5-3-4-6-14(12)18-11-15(20)19-9-7-13(8-10-19)16(17)21/h3-6,13,18H,2,7-11H2,1H3,(H2,17,21). The van der Waals surface area contributed by atoms with Gasteiger partial charge in [-0.3, -0.25) is 9.59 Å². The molecule has 1 aromatic carbocycles. The van der Waals surface area contributed by atoms with Gasteiger partial charge in [0.25, 0.3) is 0 Å². The number of carbonyl (C=O) groups excluding carboxylic acids is 2. The average molecular weight is 289 g/mol. The average Bonchev–Trinajstić information content (AvgIpc) is 2.52. The molecule has 0 saturated carbocycles. The van der Waals surface area contributed by atoms with Gasteiger partial charge >= 0.3 is 0 Å². The molecule has 0 aromatic heterocycles. The van der Waals surface area contributed by atoms with Gasteiger partial charge in [-0.25, -0.2) is 0 Å². The fraction of sp³-hybridized carbons (Fsp3) is 0.500. The monoisotopic (exact) mass is 289 g/mol. The van der Waals surface area contributed by atoms with Gasteiger partial charge < -0.3 is 16.0 Å². The van der Waals surface area contributed by atoms with E-state index in [2.05, 4.69) is 18.3 Å². The van der Waals surface area contributed by atoms with Gasteiger partial charge in [-0.05, 0) is 30.9 Å². The molecule has 0 spiro atoms. The van der Waals surface area contributed by atoms with E-state index in [1.165, 1.54) is 5.56 Å². The lowest BCUT2D eigenvalue weighted by atomic mass is 9.96. The van der Waals surface area contributed by atoms with E-state index in [0.29, 0.717) is 25.9 Å². The fourth-order valence-electron chi connectivity index (χ4n) is 2.70. The maximum absolute atomic E-state index is 12.2. The highest BCUT2D eigenvalue weighted by Gasteiger charge is 2.25. The first-order chi connectivity index (χ1) is 10.1. The number of nitrogens with zero attached hydrogens (tertiary/aromatic N) is 1. The lowest BCUT2D eigenvalue weighted by Crippen LogP contribution is -2.43. The second-order valence-electron chi connectivity index (χ2n) is 5.42. The first-order valence-corrected chi connectivity index (χ1v) is 7.50. The van der Waals surface area contributed by atoms with Crippen molar-refractivity contribution in [1.82, 2.24) is 4.90 Å². The fourth-order valence-corrected chi connectivity index (χ4v) is 2.70. The normalized spacial score (nSPS) is 15.8. The molecular weight excluding hydrogens is 266 g/mol. The van der Waals surface area contributed by atoms with Crippen LogP contribution in [0, 0.1) is 5.92 Å². The van der Waals surface area contributed by atoms with Crippen molar-refractivity contribution < 1.29 is 9.59 Å². The van der Waals surface area contributed by atoms with Gasteiger partial charge in [0.05, 0.1) is 6.54 Å². The zero-order chi connectivity index (χ0) is 15.2. The van der Waals surface area contributed by atoms with E-state index in [1.54, 1.807) is 4.90 Å². The Labute approximate surface area is 125 Å². The van der Waals surface area contributed by atoms with E-state index < -0.39 is 0 Å². The summed E-state index contributed by atoms with van der Waals surface area (Å²) < 4.78 is 0. The SMILES string of the molecule is CCc1ccccc1NCC(=O)N1CCC(C(N)=O)CC1. The third kappa shape index (κ3) is 3.97. The number of para-hydroxylation sites is 1. The molecule has 1 saturated heterocycles. The summed E-state index contributed by atoms with van der Waals surface area (Å²) >= 11 is 0. The van der Waals surface area contributed by atoms with E-state index in [0.717, 1.165) is 12.1 Å². The van der Waals surface area contributed by atoms with Crippen LogP contribution in [0.3, 0.4) is 0 Å². The number of amides is 2. The molecule has 1 aromatic rings. The first-order valence-electron chi connectivity index (χ1n) is 7.50. The van der Waals surface area contributed by atoms with Gasteiger partial charge in [0.1, 0.15) is 0 Å². The van der Waals surface area contributed by atoms with Crippen LogP contribution in [0.25, 0.3) is 0 Å². The number of piperidine rings is 1. The molecule has 5 heteroatoms. The van der Waals surface area contributed by atoms with Crippen LogP contribution >= 0.6 is 0 Å². The Kier molecular flexibility index (Phi) is 5.20. The van der Waals surface area contributed by atoms with E-state index in [4.69, 9.17) is 5.73 Å². The summed E-state index contributed by atoms with van der Waals surface area (Å²) in [6.07, 6.45) is 2.28. The first kappa shape index (κ1) is 15.4. The van der Waals surface area contributed by atoms with Crippen LogP contribution < -0.4 is 11.1 Å². The Morgan fingerprint density at radius 3 is 2.57 bits per heavy atom. The van der Waals surface area contributed by atoms with E-state index in [1.807, 2.05) is 18.2 Å². The molecule has 1 aliphatic heterocycles. The molecule has 1 heterocycles. The van der Waals surface area contributed by atoms with Gasteiger partial charge in [0.15, 0.2) is 0 Å². The van der Waals surface area contributed by atoms with Crippen molar-refractivity contribution in [1.29, 1.82) is 0 Å². The molecule has 2 amide bonds. The molecule has 0 bridgehead atoms. The minimum atomic E-state index is -0.253. The minimum Gasteiger partial charge on any atom is -0.376 e. The molecule has 3 N–H and O–H groups in total. The summed E-state index contributed by atoms with van der Waals surface area (Å²) in [5, 5.41) is 3.21. The highest BCUT2D eigenvalue weighted by molar-refractivity contribution is 5.82. The van der Waals surface area contributed by atoms with Gasteiger partial charge in [0, 0.05) is 24.7 Å². The van der Waals surface area contributed by atoms with Crippen molar-refractivity contribution in [3.8, 4) is 0 Å². The Hall–Kier alpha value is -2.04. The van der Waals surface area contributed by atoms with Crippen molar-refractivity contribution in [2.24, 2.45) is 11.7 Å². The molecule has 21 heavy (non-hydrogen) atoms. The number of carbonyl (C=O) groups is 2. The summed E-state index contributed by atoms with van der Waals surface area (Å²) in [5.74, 6) is -0.260. The number of hydrogen-bond acceptors (Lipinski definition) is 3. The predicted octanol–water partition coefficient (Wildman–Crippen LogP) is 1.38. The Balaban J connectivity index is 1.84. The highest BCUT2D eigenvalue weighted by atomic mass is 16.2. The molecule has 5 nitrogen and oxygen atoms in total. The van der Waals surface area contributed by atoms with Crippen molar-refractivity contribution in [3.63, 3.8) is 0 Å². The number of likely N-dealkylation sites (tertiary alicyclic amines) is 1. The molecule has 0 aliphatic carbocycles. The molecule has 1 fully saturated rings. The Morgan fingerprint density at radius 2 is 1.95 bits per heavy atom. The van der Waals surface area contributed by atoms with Crippen molar-refractivity contribution in [3.05, 3.63) is 29.8 Å². The van der Waals surface area contributed by atoms with Crippen molar-refractivity contribution in [2.75, 3.05) is 25.0 Å². The van der Waals surface area contributed by atoms with Gasteiger partial charge in [-0.2, -0.15) is 0 Å². The Morgan fingerprint density at radius 1 is 1.29 bits per heavy atom. The number of nitrogens with one attached hydrogen (secondary N) is 1. The summed E-state index contributed by atoms with van der Waals surface area (Å²) in [7, 11) is 0. The summed E-state index contributed by atoms with van der Waals surface area (Å²) in [4.78, 5) is 25.1. The topological polar surface area (TPSA) is 75.4 Å². The van der Waals surface area contributed by atoms with Crippen molar-refractivity contribution in [2.45, 2.75) is 26.2 Å².